The summed E-state index contributed by atoms with van der Waals surface area (Å²) in [7, 11) is 1.54. The summed E-state index contributed by atoms with van der Waals surface area (Å²) in [5.74, 6) is 0.472. The smallest absolute Gasteiger partial charge is 0.363 e. The monoisotopic (exact) mass is 392 g/mol. The average Bonchev–Trinajstić information content (AvgIpc) is 3.07. The highest BCUT2D eigenvalue weighted by Gasteiger charge is 2.25. The Balaban J connectivity index is 1.91. The van der Waals surface area contributed by atoms with E-state index in [2.05, 4.69) is 16.9 Å². The third-order valence-corrected chi connectivity index (χ3v) is 3.94. The highest BCUT2D eigenvalue weighted by molar-refractivity contribution is 6.13. The SMILES string of the molecule is C=CCOc1c(/C=C2\N=C(c3ccc(NC(C)=O)cc3)OC2=O)cccc1OC. The lowest BCUT2D eigenvalue weighted by atomic mass is 10.1. The second kappa shape index (κ2) is 8.88. The van der Waals surface area contributed by atoms with Crippen molar-refractivity contribution in [1.29, 1.82) is 0 Å². The number of carbonyl (C=O) groups is 2. The number of methoxy groups -OCH3 is 1. The van der Waals surface area contributed by atoms with Crippen LogP contribution in [0.4, 0.5) is 5.69 Å². The Bertz CT molecular complexity index is 1010. The number of anilines is 1. The van der Waals surface area contributed by atoms with E-state index in [0.717, 1.165) is 0 Å². The number of para-hydroxylation sites is 1. The Morgan fingerprint density at radius 1 is 1.24 bits per heavy atom. The average molecular weight is 392 g/mol. The normalized spacial score (nSPS) is 14.2. The van der Waals surface area contributed by atoms with Crippen LogP contribution in [-0.4, -0.2) is 31.5 Å². The molecule has 3 rings (SSSR count). The van der Waals surface area contributed by atoms with Crippen LogP contribution in [0.15, 0.2) is 65.8 Å². The second-order valence-electron chi connectivity index (χ2n) is 6.07. The van der Waals surface area contributed by atoms with E-state index < -0.39 is 5.97 Å². The van der Waals surface area contributed by atoms with Crippen molar-refractivity contribution >= 4 is 29.5 Å². The fraction of sp³-hybridized carbons (Fsp3) is 0.136. The highest BCUT2D eigenvalue weighted by atomic mass is 16.6. The van der Waals surface area contributed by atoms with Crippen molar-refractivity contribution in [1.82, 2.24) is 0 Å². The van der Waals surface area contributed by atoms with Crippen LogP contribution in [0.2, 0.25) is 0 Å². The van der Waals surface area contributed by atoms with Gasteiger partial charge in [0.1, 0.15) is 6.61 Å². The van der Waals surface area contributed by atoms with Gasteiger partial charge in [-0.05, 0) is 36.4 Å². The van der Waals surface area contributed by atoms with Gasteiger partial charge in [-0.25, -0.2) is 9.79 Å². The predicted octanol–water partition coefficient (Wildman–Crippen LogP) is 3.56. The molecule has 1 aliphatic rings. The van der Waals surface area contributed by atoms with Gasteiger partial charge in [0.15, 0.2) is 17.2 Å². The van der Waals surface area contributed by atoms with Gasteiger partial charge in [0.2, 0.25) is 11.8 Å². The lowest BCUT2D eigenvalue weighted by Gasteiger charge is -2.12. The first-order valence-electron chi connectivity index (χ1n) is 8.83. The maximum atomic E-state index is 12.3. The Kier molecular flexibility index (Phi) is 6.09. The second-order valence-corrected chi connectivity index (χ2v) is 6.07. The lowest BCUT2D eigenvalue weighted by Crippen LogP contribution is -2.07. The number of hydrogen-bond donors (Lipinski definition) is 1. The minimum atomic E-state index is -0.566. The number of nitrogens with one attached hydrogen (secondary N) is 1. The van der Waals surface area contributed by atoms with Crippen molar-refractivity contribution in [2.45, 2.75) is 6.92 Å². The number of aliphatic imine (C=N–C) groups is 1. The topological polar surface area (TPSA) is 86.2 Å². The molecule has 2 aromatic rings. The summed E-state index contributed by atoms with van der Waals surface area (Å²) < 4.78 is 16.3. The zero-order valence-corrected chi connectivity index (χ0v) is 16.1. The number of carbonyl (C=O) groups excluding carboxylic acids is 2. The van der Waals surface area contributed by atoms with Crippen molar-refractivity contribution in [3.05, 3.63) is 71.9 Å². The molecule has 1 heterocycles. The van der Waals surface area contributed by atoms with E-state index in [4.69, 9.17) is 14.2 Å². The van der Waals surface area contributed by atoms with Crippen LogP contribution in [0.3, 0.4) is 0 Å². The molecule has 0 spiro atoms. The molecule has 29 heavy (non-hydrogen) atoms. The molecule has 0 saturated carbocycles. The summed E-state index contributed by atoms with van der Waals surface area (Å²) >= 11 is 0. The Morgan fingerprint density at radius 2 is 2.00 bits per heavy atom. The molecule has 148 valence electrons. The zero-order valence-electron chi connectivity index (χ0n) is 16.1. The van der Waals surface area contributed by atoms with Gasteiger partial charge in [0.05, 0.1) is 7.11 Å². The minimum Gasteiger partial charge on any atom is -0.493 e. The van der Waals surface area contributed by atoms with Gasteiger partial charge in [0, 0.05) is 23.7 Å². The van der Waals surface area contributed by atoms with Crippen LogP contribution in [0, 0.1) is 0 Å². The van der Waals surface area contributed by atoms with Crippen LogP contribution in [0.1, 0.15) is 18.1 Å². The Labute approximate surface area is 168 Å². The third-order valence-electron chi connectivity index (χ3n) is 3.94. The molecule has 0 aromatic heterocycles. The maximum absolute atomic E-state index is 12.3. The summed E-state index contributed by atoms with van der Waals surface area (Å²) in [4.78, 5) is 27.7. The number of esters is 1. The van der Waals surface area contributed by atoms with Crippen molar-refractivity contribution in [3.8, 4) is 11.5 Å². The van der Waals surface area contributed by atoms with Crippen LogP contribution < -0.4 is 14.8 Å². The molecule has 0 saturated heterocycles. The lowest BCUT2D eigenvalue weighted by molar-refractivity contribution is -0.129. The van der Waals surface area contributed by atoms with Gasteiger partial charge in [-0.2, -0.15) is 0 Å². The summed E-state index contributed by atoms with van der Waals surface area (Å²) in [5, 5.41) is 2.68. The molecule has 0 atom stereocenters. The van der Waals surface area contributed by atoms with Gasteiger partial charge in [0.25, 0.3) is 0 Å². The fourth-order valence-electron chi connectivity index (χ4n) is 2.68. The number of ether oxygens (including phenoxy) is 3. The molecular weight excluding hydrogens is 372 g/mol. The number of rotatable bonds is 7. The van der Waals surface area contributed by atoms with Crippen molar-refractivity contribution in [2.75, 3.05) is 19.0 Å². The number of nitrogens with zero attached hydrogens (tertiary/aromatic N) is 1. The number of benzene rings is 2. The van der Waals surface area contributed by atoms with E-state index in [9.17, 15) is 9.59 Å². The molecule has 1 N–H and O–H groups in total. The van der Waals surface area contributed by atoms with E-state index in [0.29, 0.717) is 28.3 Å². The Morgan fingerprint density at radius 3 is 2.66 bits per heavy atom. The first-order chi connectivity index (χ1) is 14.0. The number of amides is 1. The Hall–Kier alpha value is -3.87. The molecule has 0 bridgehead atoms. The van der Waals surface area contributed by atoms with Crippen LogP contribution in [0.5, 0.6) is 11.5 Å². The van der Waals surface area contributed by atoms with E-state index >= 15 is 0 Å². The van der Waals surface area contributed by atoms with Crippen molar-refractivity contribution in [2.24, 2.45) is 4.99 Å². The van der Waals surface area contributed by atoms with E-state index in [1.165, 1.54) is 14.0 Å². The molecular formula is C22H20N2O5. The van der Waals surface area contributed by atoms with E-state index in [1.807, 2.05) is 0 Å². The van der Waals surface area contributed by atoms with Crippen LogP contribution >= 0.6 is 0 Å². The van der Waals surface area contributed by atoms with Crippen LogP contribution in [0.25, 0.3) is 6.08 Å². The van der Waals surface area contributed by atoms with Gasteiger partial charge in [-0.1, -0.05) is 24.8 Å². The van der Waals surface area contributed by atoms with E-state index in [-0.39, 0.29) is 24.1 Å². The molecule has 7 nitrogen and oxygen atoms in total. The fourth-order valence-corrected chi connectivity index (χ4v) is 2.68. The van der Waals surface area contributed by atoms with Gasteiger partial charge >= 0.3 is 5.97 Å². The molecule has 0 fully saturated rings. The predicted molar refractivity (Wildman–Crippen MR) is 110 cm³/mol. The molecule has 2 aromatic carbocycles. The standard InChI is InChI=1S/C22H20N2O5/c1-4-12-28-20-16(6-5-7-19(20)27-3)13-18-22(26)29-21(24-18)15-8-10-17(11-9-15)23-14(2)25/h4-11,13H,1,12H2,2-3H3,(H,23,25)/b18-13-. The number of cyclic esters (lactones) is 1. The summed E-state index contributed by atoms with van der Waals surface area (Å²) in [6, 6.07) is 12.2. The van der Waals surface area contributed by atoms with Gasteiger partial charge in [-0.3, -0.25) is 4.79 Å². The molecule has 7 heteroatoms. The van der Waals surface area contributed by atoms with Crippen molar-refractivity contribution < 1.29 is 23.8 Å². The minimum absolute atomic E-state index is 0.141. The summed E-state index contributed by atoms with van der Waals surface area (Å²) in [5.41, 5.74) is 2.03. The quantitative estimate of drug-likeness (QED) is 0.442. The maximum Gasteiger partial charge on any atom is 0.363 e. The molecule has 0 radical (unpaired) electrons. The highest BCUT2D eigenvalue weighted by Crippen LogP contribution is 2.33. The molecule has 0 unspecified atom stereocenters. The molecule has 1 amide bonds. The van der Waals surface area contributed by atoms with Gasteiger partial charge < -0.3 is 19.5 Å². The first kappa shape index (κ1) is 19.9. The molecule has 1 aliphatic heterocycles. The first-order valence-corrected chi connectivity index (χ1v) is 8.83. The van der Waals surface area contributed by atoms with Gasteiger partial charge in [-0.15, -0.1) is 0 Å². The zero-order chi connectivity index (χ0) is 20.8. The molecule has 0 aliphatic carbocycles. The largest absolute Gasteiger partial charge is 0.493 e. The summed E-state index contributed by atoms with van der Waals surface area (Å²) in [6.45, 7) is 5.36. The van der Waals surface area contributed by atoms with E-state index in [1.54, 1.807) is 54.6 Å². The number of hydrogen-bond acceptors (Lipinski definition) is 6. The van der Waals surface area contributed by atoms with Crippen molar-refractivity contribution in [3.63, 3.8) is 0 Å². The third kappa shape index (κ3) is 4.70. The van der Waals surface area contributed by atoms with Crippen LogP contribution in [-0.2, 0) is 14.3 Å². The summed E-state index contributed by atoms with van der Waals surface area (Å²) in [6.07, 6.45) is 3.20.